The van der Waals surface area contributed by atoms with E-state index < -0.39 is 11.6 Å². The van der Waals surface area contributed by atoms with Crippen LogP contribution in [0.1, 0.15) is 45.2 Å². The number of hydrogen-bond donors (Lipinski definition) is 1. The topological polar surface area (TPSA) is 15.3 Å². The van der Waals surface area contributed by atoms with Crippen LogP contribution in [0.4, 0.5) is 8.78 Å². The van der Waals surface area contributed by atoms with Gasteiger partial charge in [-0.25, -0.2) is 8.78 Å². The predicted octanol–water partition coefficient (Wildman–Crippen LogP) is 3.74. The highest BCUT2D eigenvalue weighted by Crippen LogP contribution is 2.38. The van der Waals surface area contributed by atoms with Gasteiger partial charge in [0.2, 0.25) is 0 Å². The third kappa shape index (κ3) is 3.01. The fraction of sp³-hybridized carbons (Fsp3) is 0.625. The Labute approximate surface area is 121 Å². The van der Waals surface area contributed by atoms with Gasteiger partial charge in [0.05, 0.1) is 6.04 Å². The molecule has 0 radical (unpaired) electrons. The lowest BCUT2D eigenvalue weighted by Crippen LogP contribution is -2.53. The number of nitrogens with zero attached hydrogens (tertiary/aromatic N) is 1. The Kier molecular flexibility index (Phi) is 6.08. The predicted molar refractivity (Wildman–Crippen MR) is 79.8 cm³/mol. The van der Waals surface area contributed by atoms with Crippen LogP contribution in [0.3, 0.4) is 0 Å². The zero-order valence-electron chi connectivity index (χ0n) is 13.1. The summed E-state index contributed by atoms with van der Waals surface area (Å²) in [6, 6.07) is 3.69. The molecule has 1 N–H and O–H groups in total. The summed E-state index contributed by atoms with van der Waals surface area (Å²) in [6.45, 7) is 6.74. The molecule has 0 spiro atoms. The summed E-state index contributed by atoms with van der Waals surface area (Å²) in [4.78, 5) is 2.08. The standard InChI is InChI=1S/C16H26F2N2/c1-6-16(7-2,20(4)5)15(19-8-3)14-12(17)10-9-11-13(14)18/h9-11,15,19H,6-8H2,1-5H3. The summed E-state index contributed by atoms with van der Waals surface area (Å²) in [5.74, 6) is -0.965. The van der Waals surface area contributed by atoms with Crippen molar-refractivity contribution in [1.29, 1.82) is 0 Å². The van der Waals surface area contributed by atoms with Crippen molar-refractivity contribution >= 4 is 0 Å². The molecule has 1 unspecified atom stereocenters. The highest BCUT2D eigenvalue weighted by Gasteiger charge is 2.40. The van der Waals surface area contributed by atoms with Gasteiger partial charge in [0, 0.05) is 11.1 Å². The quantitative estimate of drug-likeness (QED) is 0.820. The van der Waals surface area contributed by atoms with Gasteiger partial charge in [0.1, 0.15) is 11.6 Å². The van der Waals surface area contributed by atoms with Crippen molar-refractivity contribution < 1.29 is 8.78 Å². The highest BCUT2D eigenvalue weighted by molar-refractivity contribution is 5.27. The molecule has 4 heteroatoms. The van der Waals surface area contributed by atoms with Gasteiger partial charge in [0.15, 0.2) is 0 Å². The minimum absolute atomic E-state index is 0.145. The molecule has 0 fully saturated rings. The molecule has 2 nitrogen and oxygen atoms in total. The number of hydrogen-bond acceptors (Lipinski definition) is 2. The summed E-state index contributed by atoms with van der Waals surface area (Å²) in [5, 5.41) is 3.28. The average molecular weight is 284 g/mol. The molecule has 20 heavy (non-hydrogen) atoms. The van der Waals surface area contributed by atoms with Crippen LogP contribution in [-0.4, -0.2) is 31.1 Å². The van der Waals surface area contributed by atoms with Crippen LogP contribution in [0, 0.1) is 11.6 Å². The summed E-state index contributed by atoms with van der Waals surface area (Å²) >= 11 is 0. The maximum absolute atomic E-state index is 14.2. The second kappa shape index (κ2) is 7.14. The van der Waals surface area contributed by atoms with E-state index in [0.717, 1.165) is 12.8 Å². The fourth-order valence-electron chi connectivity index (χ4n) is 3.10. The van der Waals surface area contributed by atoms with E-state index in [4.69, 9.17) is 0 Å². The zero-order valence-corrected chi connectivity index (χ0v) is 13.1. The van der Waals surface area contributed by atoms with Crippen LogP contribution in [0.15, 0.2) is 18.2 Å². The normalized spacial score (nSPS) is 13.8. The third-order valence-electron chi connectivity index (χ3n) is 4.35. The summed E-state index contributed by atoms with van der Waals surface area (Å²) in [5.41, 5.74) is -0.175. The lowest BCUT2D eigenvalue weighted by molar-refractivity contribution is 0.0854. The first kappa shape index (κ1) is 17.1. The van der Waals surface area contributed by atoms with E-state index in [9.17, 15) is 8.78 Å². The Morgan fingerprint density at radius 3 is 1.95 bits per heavy atom. The van der Waals surface area contributed by atoms with E-state index in [-0.39, 0.29) is 17.1 Å². The van der Waals surface area contributed by atoms with Gasteiger partial charge in [-0.3, -0.25) is 0 Å². The number of likely N-dealkylation sites (N-methyl/N-ethyl adjacent to an activating group) is 2. The first-order chi connectivity index (χ1) is 9.44. The van der Waals surface area contributed by atoms with Crippen LogP contribution in [0.5, 0.6) is 0 Å². The average Bonchev–Trinajstić information content (AvgIpc) is 2.40. The first-order valence-electron chi connectivity index (χ1n) is 7.29. The fourth-order valence-corrected chi connectivity index (χ4v) is 3.10. The van der Waals surface area contributed by atoms with Gasteiger partial charge in [-0.15, -0.1) is 0 Å². The molecule has 0 bridgehead atoms. The molecule has 0 saturated heterocycles. The molecule has 0 aromatic heterocycles. The maximum atomic E-state index is 14.2. The Bertz CT molecular complexity index is 408. The van der Waals surface area contributed by atoms with Crippen LogP contribution in [-0.2, 0) is 0 Å². The number of rotatable bonds is 7. The van der Waals surface area contributed by atoms with Gasteiger partial charge in [-0.05, 0) is 45.6 Å². The molecular formula is C16H26F2N2. The van der Waals surface area contributed by atoms with Gasteiger partial charge in [0.25, 0.3) is 0 Å². The van der Waals surface area contributed by atoms with Gasteiger partial charge >= 0.3 is 0 Å². The minimum Gasteiger partial charge on any atom is -0.308 e. The van der Waals surface area contributed by atoms with E-state index in [1.54, 1.807) is 0 Å². The smallest absolute Gasteiger partial charge is 0.130 e. The van der Waals surface area contributed by atoms with E-state index >= 15 is 0 Å². The van der Waals surface area contributed by atoms with Gasteiger partial charge < -0.3 is 10.2 Å². The monoisotopic (exact) mass is 284 g/mol. The number of nitrogens with one attached hydrogen (secondary N) is 1. The Morgan fingerprint density at radius 2 is 1.60 bits per heavy atom. The molecule has 0 saturated carbocycles. The van der Waals surface area contributed by atoms with Crippen LogP contribution in [0.2, 0.25) is 0 Å². The van der Waals surface area contributed by atoms with Crippen LogP contribution in [0.25, 0.3) is 0 Å². The first-order valence-corrected chi connectivity index (χ1v) is 7.29. The maximum Gasteiger partial charge on any atom is 0.130 e. The molecule has 0 aliphatic heterocycles. The molecule has 0 aliphatic rings. The number of benzene rings is 1. The zero-order chi connectivity index (χ0) is 15.3. The van der Waals surface area contributed by atoms with Crippen molar-refractivity contribution in [1.82, 2.24) is 10.2 Å². The Hall–Kier alpha value is -1.00. The van der Waals surface area contributed by atoms with Crippen LogP contribution >= 0.6 is 0 Å². The largest absolute Gasteiger partial charge is 0.308 e. The molecule has 1 aromatic carbocycles. The Morgan fingerprint density at radius 1 is 1.10 bits per heavy atom. The van der Waals surface area contributed by atoms with E-state index in [0.29, 0.717) is 6.54 Å². The summed E-state index contributed by atoms with van der Waals surface area (Å²) in [6.07, 6.45) is 1.61. The minimum atomic E-state index is -0.482. The van der Waals surface area contributed by atoms with Crippen molar-refractivity contribution in [3.8, 4) is 0 Å². The van der Waals surface area contributed by atoms with Gasteiger partial charge in [-0.2, -0.15) is 0 Å². The molecule has 114 valence electrons. The number of halogens is 2. The summed E-state index contributed by atoms with van der Waals surface area (Å²) < 4.78 is 28.4. The third-order valence-corrected chi connectivity index (χ3v) is 4.35. The molecule has 1 rings (SSSR count). The van der Waals surface area contributed by atoms with Gasteiger partial charge in [-0.1, -0.05) is 26.8 Å². The van der Waals surface area contributed by atoms with Crippen molar-refractivity contribution in [3.63, 3.8) is 0 Å². The highest BCUT2D eigenvalue weighted by atomic mass is 19.1. The Balaban J connectivity index is 3.43. The SMILES string of the molecule is CCNC(c1c(F)cccc1F)C(CC)(CC)N(C)C. The molecule has 0 heterocycles. The molecule has 0 amide bonds. The lowest BCUT2D eigenvalue weighted by Gasteiger charge is -2.45. The van der Waals surface area contributed by atoms with Crippen molar-refractivity contribution in [3.05, 3.63) is 35.4 Å². The van der Waals surface area contributed by atoms with E-state index in [1.807, 2.05) is 21.0 Å². The van der Waals surface area contributed by atoms with E-state index in [1.165, 1.54) is 18.2 Å². The second-order valence-electron chi connectivity index (χ2n) is 5.33. The van der Waals surface area contributed by atoms with Crippen molar-refractivity contribution in [2.75, 3.05) is 20.6 Å². The lowest BCUT2D eigenvalue weighted by atomic mass is 9.79. The van der Waals surface area contributed by atoms with E-state index in [2.05, 4.69) is 24.1 Å². The second-order valence-corrected chi connectivity index (χ2v) is 5.33. The molecule has 1 aromatic rings. The molecular weight excluding hydrogens is 258 g/mol. The van der Waals surface area contributed by atoms with Crippen molar-refractivity contribution in [2.45, 2.75) is 45.2 Å². The molecule has 0 aliphatic carbocycles. The summed E-state index contributed by atoms with van der Waals surface area (Å²) in [7, 11) is 3.94. The molecule has 1 atom stereocenters. The van der Waals surface area contributed by atoms with Crippen LogP contribution < -0.4 is 5.32 Å². The van der Waals surface area contributed by atoms with Crippen molar-refractivity contribution in [2.24, 2.45) is 0 Å².